The molecule has 2 rings (SSSR count). The van der Waals surface area contributed by atoms with Gasteiger partial charge in [0.2, 0.25) is 0 Å². The van der Waals surface area contributed by atoms with Crippen molar-refractivity contribution < 1.29 is 0 Å². The summed E-state index contributed by atoms with van der Waals surface area (Å²) in [6.07, 6.45) is 2.41. The van der Waals surface area contributed by atoms with Crippen molar-refractivity contribution in [2.45, 2.75) is 39.7 Å². The molecule has 1 saturated carbocycles. The van der Waals surface area contributed by atoms with Gasteiger partial charge in [-0.05, 0) is 31.7 Å². The zero-order valence-electron chi connectivity index (χ0n) is 9.54. The minimum Gasteiger partial charge on any atom is -0.384 e. The average molecular weight is 203 g/mol. The monoisotopic (exact) mass is 203 g/mol. The van der Waals surface area contributed by atoms with E-state index >= 15 is 0 Å². The van der Waals surface area contributed by atoms with Crippen molar-refractivity contribution in [3.05, 3.63) is 16.8 Å². The van der Waals surface area contributed by atoms with Crippen LogP contribution >= 0.6 is 0 Å². The van der Waals surface area contributed by atoms with Gasteiger partial charge in [0.15, 0.2) is 0 Å². The number of nitriles is 1. The minimum atomic E-state index is 0.538. The maximum Gasteiger partial charge on any atom is 0.122 e. The first-order valence-corrected chi connectivity index (χ1v) is 5.48. The number of aromatic nitrogens is 1. The number of nitrogen functional groups attached to an aromatic ring is 1. The highest BCUT2D eigenvalue weighted by Gasteiger charge is 2.39. The van der Waals surface area contributed by atoms with Gasteiger partial charge in [-0.3, -0.25) is 0 Å². The summed E-state index contributed by atoms with van der Waals surface area (Å²) in [6, 6.07) is 2.73. The maximum atomic E-state index is 9.02. The Labute approximate surface area is 90.5 Å². The van der Waals surface area contributed by atoms with Crippen LogP contribution in [0.25, 0.3) is 0 Å². The highest BCUT2D eigenvalue weighted by molar-refractivity contribution is 5.58. The molecule has 1 aromatic rings. The minimum absolute atomic E-state index is 0.538. The van der Waals surface area contributed by atoms with Crippen molar-refractivity contribution in [3.8, 4) is 6.07 Å². The third-order valence-corrected chi connectivity index (χ3v) is 3.65. The van der Waals surface area contributed by atoms with Gasteiger partial charge in [-0.1, -0.05) is 13.3 Å². The molecule has 0 aromatic carbocycles. The molecule has 80 valence electrons. The SMILES string of the molecule is CCC1CC1n1c(C)c(C)c(C#N)c1N. The van der Waals surface area contributed by atoms with Crippen LogP contribution in [0.1, 0.15) is 42.6 Å². The first kappa shape index (κ1) is 10.1. The van der Waals surface area contributed by atoms with E-state index in [1.165, 1.54) is 12.8 Å². The lowest BCUT2D eigenvalue weighted by Gasteiger charge is -2.07. The number of nitrogens with zero attached hydrogens (tertiary/aromatic N) is 2. The molecule has 0 spiro atoms. The summed E-state index contributed by atoms with van der Waals surface area (Å²) in [5.41, 5.74) is 8.87. The van der Waals surface area contributed by atoms with Crippen LogP contribution in [0.3, 0.4) is 0 Å². The standard InChI is InChI=1S/C12H17N3/c1-4-9-5-11(9)15-8(3)7(2)10(6-13)12(15)14/h9,11H,4-5,14H2,1-3H3. The van der Waals surface area contributed by atoms with Crippen molar-refractivity contribution in [1.29, 1.82) is 5.26 Å². The van der Waals surface area contributed by atoms with Gasteiger partial charge >= 0.3 is 0 Å². The zero-order valence-corrected chi connectivity index (χ0v) is 9.54. The summed E-state index contributed by atoms with van der Waals surface area (Å²) >= 11 is 0. The van der Waals surface area contributed by atoms with Crippen molar-refractivity contribution in [3.63, 3.8) is 0 Å². The molecule has 2 atom stereocenters. The first-order chi connectivity index (χ1) is 7.11. The van der Waals surface area contributed by atoms with E-state index in [4.69, 9.17) is 11.0 Å². The molecule has 1 aliphatic rings. The fraction of sp³-hybridized carbons (Fsp3) is 0.583. The largest absolute Gasteiger partial charge is 0.384 e. The zero-order chi connectivity index (χ0) is 11.2. The van der Waals surface area contributed by atoms with Crippen LogP contribution in [-0.4, -0.2) is 4.57 Å². The summed E-state index contributed by atoms with van der Waals surface area (Å²) in [7, 11) is 0. The Bertz CT molecular complexity index is 437. The van der Waals surface area contributed by atoms with E-state index in [1.54, 1.807) is 0 Å². The molecule has 0 saturated heterocycles. The lowest BCUT2D eigenvalue weighted by Crippen LogP contribution is -2.04. The molecular formula is C12H17N3. The maximum absolute atomic E-state index is 9.02. The summed E-state index contributed by atoms with van der Waals surface area (Å²) in [5, 5.41) is 9.02. The number of nitrogens with two attached hydrogens (primary N) is 1. The summed E-state index contributed by atoms with van der Waals surface area (Å²) in [6.45, 7) is 6.24. The third-order valence-electron chi connectivity index (χ3n) is 3.65. The van der Waals surface area contributed by atoms with Crippen LogP contribution < -0.4 is 5.73 Å². The molecule has 0 aliphatic heterocycles. The number of hydrogen-bond acceptors (Lipinski definition) is 2. The Hall–Kier alpha value is -1.43. The van der Waals surface area contributed by atoms with E-state index in [-0.39, 0.29) is 0 Å². The van der Waals surface area contributed by atoms with Crippen molar-refractivity contribution in [2.24, 2.45) is 5.92 Å². The van der Waals surface area contributed by atoms with Gasteiger partial charge in [0.25, 0.3) is 0 Å². The van der Waals surface area contributed by atoms with E-state index in [9.17, 15) is 0 Å². The molecule has 2 N–H and O–H groups in total. The molecule has 1 heterocycles. The highest BCUT2D eigenvalue weighted by Crippen LogP contribution is 2.48. The van der Waals surface area contributed by atoms with Gasteiger partial charge < -0.3 is 10.3 Å². The van der Waals surface area contributed by atoms with E-state index in [2.05, 4.69) is 24.5 Å². The molecule has 2 unspecified atom stereocenters. The summed E-state index contributed by atoms with van der Waals surface area (Å²) < 4.78 is 2.15. The Morgan fingerprint density at radius 2 is 2.20 bits per heavy atom. The number of rotatable bonds is 2. The quantitative estimate of drug-likeness (QED) is 0.803. The Balaban J connectivity index is 2.46. The van der Waals surface area contributed by atoms with Gasteiger partial charge in [0, 0.05) is 11.7 Å². The first-order valence-electron chi connectivity index (χ1n) is 5.48. The molecule has 3 heteroatoms. The second kappa shape index (κ2) is 3.30. The smallest absolute Gasteiger partial charge is 0.122 e. The van der Waals surface area contributed by atoms with Crippen LogP contribution in [0.5, 0.6) is 0 Å². The highest BCUT2D eigenvalue weighted by atomic mass is 15.1. The Kier molecular flexibility index (Phi) is 2.22. The Morgan fingerprint density at radius 3 is 2.60 bits per heavy atom. The van der Waals surface area contributed by atoms with Crippen LogP contribution in [0.4, 0.5) is 5.82 Å². The van der Waals surface area contributed by atoms with Crippen LogP contribution in [0.2, 0.25) is 0 Å². The Morgan fingerprint density at radius 1 is 1.53 bits per heavy atom. The molecule has 1 fully saturated rings. The van der Waals surface area contributed by atoms with Crippen LogP contribution in [0, 0.1) is 31.1 Å². The van der Waals surface area contributed by atoms with E-state index in [0.717, 1.165) is 17.2 Å². The molecular weight excluding hydrogens is 186 g/mol. The molecule has 0 amide bonds. The van der Waals surface area contributed by atoms with Gasteiger partial charge in [0.1, 0.15) is 11.9 Å². The van der Waals surface area contributed by atoms with Crippen LogP contribution in [-0.2, 0) is 0 Å². The molecule has 1 aliphatic carbocycles. The number of anilines is 1. The predicted octanol–water partition coefficient (Wildman–Crippen LogP) is 2.53. The fourth-order valence-electron chi connectivity index (χ4n) is 2.41. The summed E-state index contributed by atoms with van der Waals surface area (Å²) in [4.78, 5) is 0. The van der Waals surface area contributed by atoms with Gasteiger partial charge in [0.05, 0.1) is 5.56 Å². The molecule has 0 radical (unpaired) electrons. The summed E-state index contributed by atoms with van der Waals surface area (Å²) in [5.74, 6) is 1.41. The van der Waals surface area contributed by atoms with Crippen molar-refractivity contribution >= 4 is 5.82 Å². The normalized spacial score (nSPS) is 23.9. The molecule has 3 nitrogen and oxygen atoms in total. The fourth-order valence-corrected chi connectivity index (χ4v) is 2.41. The third kappa shape index (κ3) is 1.32. The van der Waals surface area contributed by atoms with Crippen LogP contribution in [0.15, 0.2) is 0 Å². The molecule has 15 heavy (non-hydrogen) atoms. The van der Waals surface area contributed by atoms with Gasteiger partial charge in [-0.15, -0.1) is 0 Å². The second-order valence-corrected chi connectivity index (χ2v) is 4.42. The lowest BCUT2D eigenvalue weighted by atomic mass is 10.2. The topological polar surface area (TPSA) is 54.7 Å². The van der Waals surface area contributed by atoms with Gasteiger partial charge in [-0.25, -0.2) is 0 Å². The van der Waals surface area contributed by atoms with E-state index in [0.29, 0.717) is 17.4 Å². The van der Waals surface area contributed by atoms with Crippen molar-refractivity contribution in [1.82, 2.24) is 4.57 Å². The van der Waals surface area contributed by atoms with Gasteiger partial charge in [-0.2, -0.15) is 5.26 Å². The predicted molar refractivity (Wildman–Crippen MR) is 60.5 cm³/mol. The average Bonchev–Trinajstić information content (AvgIpc) is 2.94. The van der Waals surface area contributed by atoms with Crippen molar-refractivity contribution in [2.75, 3.05) is 5.73 Å². The molecule has 0 bridgehead atoms. The lowest BCUT2D eigenvalue weighted by molar-refractivity contribution is 0.636. The van der Waals surface area contributed by atoms with E-state index in [1.807, 2.05) is 6.92 Å². The van der Waals surface area contributed by atoms with E-state index < -0.39 is 0 Å². The molecule has 1 aromatic heterocycles. The number of hydrogen-bond donors (Lipinski definition) is 1. The second-order valence-electron chi connectivity index (χ2n) is 4.42.